The fourth-order valence-electron chi connectivity index (χ4n) is 2.59. The Hall–Kier alpha value is -1.86. The van der Waals surface area contributed by atoms with Crippen molar-refractivity contribution in [3.05, 3.63) is 25.0 Å². The molecule has 0 N–H and O–H groups in total. The molecule has 0 aromatic rings. The van der Waals surface area contributed by atoms with Crippen LogP contribution in [-0.4, -0.2) is 43.8 Å². The first-order chi connectivity index (χ1) is 11.3. The number of hydrogen-bond donors (Lipinski definition) is 0. The van der Waals surface area contributed by atoms with E-state index in [9.17, 15) is 9.59 Å². The van der Waals surface area contributed by atoms with Crippen molar-refractivity contribution in [2.75, 3.05) is 19.8 Å². The summed E-state index contributed by atoms with van der Waals surface area (Å²) in [4.78, 5) is 22.5. The molecule has 24 heavy (non-hydrogen) atoms. The highest BCUT2D eigenvalue weighted by Gasteiger charge is 2.45. The predicted molar refractivity (Wildman–Crippen MR) is 83.8 cm³/mol. The summed E-state index contributed by atoms with van der Waals surface area (Å²) in [5.74, 6) is 0.128. The van der Waals surface area contributed by atoms with Crippen LogP contribution in [-0.2, 0) is 28.5 Å². The van der Waals surface area contributed by atoms with E-state index in [1.165, 1.54) is 0 Å². The molecule has 0 amide bonds. The third-order valence-corrected chi connectivity index (χ3v) is 4.45. The van der Waals surface area contributed by atoms with Crippen molar-refractivity contribution in [2.24, 2.45) is 11.8 Å². The van der Waals surface area contributed by atoms with Gasteiger partial charge in [-0.15, -0.1) is 0 Å². The Morgan fingerprint density at radius 1 is 1.46 bits per heavy atom. The van der Waals surface area contributed by atoms with Crippen molar-refractivity contribution < 1.29 is 33.3 Å². The summed E-state index contributed by atoms with van der Waals surface area (Å²) in [7, 11) is 0. The van der Waals surface area contributed by atoms with Crippen LogP contribution in [0.25, 0.3) is 0 Å². The Bertz CT molecular complexity index is 515. The number of rotatable bonds is 5. The molecule has 0 spiro atoms. The van der Waals surface area contributed by atoms with Crippen LogP contribution in [0.5, 0.6) is 0 Å². The topological polar surface area (TPSA) is 80.3 Å². The predicted octanol–water partition coefficient (Wildman–Crippen LogP) is 2.56. The van der Waals surface area contributed by atoms with E-state index < -0.39 is 24.0 Å². The minimum absolute atomic E-state index is 0.0543. The molecule has 0 aliphatic carbocycles. The molecule has 7 nitrogen and oxygen atoms in total. The molecule has 0 bridgehead atoms. The minimum Gasteiger partial charge on any atom is -0.462 e. The minimum atomic E-state index is -0.975. The van der Waals surface area contributed by atoms with Crippen LogP contribution >= 0.6 is 0 Å². The second-order valence-electron chi connectivity index (χ2n) is 6.31. The van der Waals surface area contributed by atoms with E-state index in [2.05, 4.69) is 20.1 Å². The van der Waals surface area contributed by atoms with Crippen LogP contribution in [0.4, 0.5) is 4.79 Å². The molecule has 4 unspecified atom stereocenters. The average molecular weight is 340 g/mol. The number of cyclic esters (lactones) is 2. The van der Waals surface area contributed by atoms with Gasteiger partial charge in [0.05, 0.1) is 19.8 Å². The van der Waals surface area contributed by atoms with Gasteiger partial charge in [-0.05, 0) is 19.3 Å². The van der Waals surface area contributed by atoms with Gasteiger partial charge in [0.25, 0.3) is 0 Å². The van der Waals surface area contributed by atoms with Crippen LogP contribution in [0.15, 0.2) is 25.0 Å². The second-order valence-corrected chi connectivity index (χ2v) is 6.31. The third-order valence-electron chi connectivity index (χ3n) is 4.45. The lowest BCUT2D eigenvalue weighted by Gasteiger charge is -2.32. The molecule has 2 fully saturated rings. The van der Waals surface area contributed by atoms with Gasteiger partial charge < -0.3 is 23.7 Å². The van der Waals surface area contributed by atoms with E-state index >= 15 is 0 Å². The van der Waals surface area contributed by atoms with E-state index in [0.29, 0.717) is 13.2 Å². The van der Waals surface area contributed by atoms with Gasteiger partial charge in [-0.25, -0.2) is 9.59 Å². The Kier molecular flexibility index (Phi) is 6.01. The molecule has 2 heterocycles. The largest absolute Gasteiger partial charge is 0.514 e. The van der Waals surface area contributed by atoms with Gasteiger partial charge in [0.2, 0.25) is 0 Å². The molecule has 2 aliphatic heterocycles. The lowest BCUT2D eigenvalue weighted by molar-refractivity contribution is -0.190. The molecular weight excluding hydrogens is 316 g/mol. The molecule has 2 aliphatic rings. The van der Waals surface area contributed by atoms with Crippen LogP contribution in [0.3, 0.4) is 0 Å². The van der Waals surface area contributed by atoms with Crippen molar-refractivity contribution in [1.82, 2.24) is 0 Å². The normalized spacial score (nSPS) is 33.8. The highest BCUT2D eigenvalue weighted by Crippen LogP contribution is 2.35. The SMILES string of the molecule is C=CC(=O)OCC1COC(CC2(C)OC(=O)OC2=C)OCCC1C. The van der Waals surface area contributed by atoms with Gasteiger partial charge in [-0.3, -0.25) is 0 Å². The first-order valence-corrected chi connectivity index (χ1v) is 7.96. The Labute approximate surface area is 141 Å². The van der Waals surface area contributed by atoms with Crippen molar-refractivity contribution in [1.29, 1.82) is 0 Å². The quantitative estimate of drug-likeness (QED) is 0.562. The monoisotopic (exact) mass is 340 g/mol. The molecule has 2 rings (SSSR count). The summed E-state index contributed by atoms with van der Waals surface area (Å²) in [6.07, 6.45) is 0.902. The summed E-state index contributed by atoms with van der Waals surface area (Å²) in [5, 5.41) is 0. The van der Waals surface area contributed by atoms with Crippen molar-refractivity contribution in [3.63, 3.8) is 0 Å². The highest BCUT2D eigenvalue weighted by molar-refractivity contribution is 5.81. The molecule has 0 aromatic heterocycles. The summed E-state index contributed by atoms with van der Waals surface area (Å²) in [5.41, 5.74) is -0.975. The van der Waals surface area contributed by atoms with E-state index in [-0.39, 0.29) is 30.6 Å². The number of esters is 1. The summed E-state index contributed by atoms with van der Waals surface area (Å²) < 4.78 is 26.7. The van der Waals surface area contributed by atoms with E-state index in [1.807, 2.05) is 0 Å². The molecule has 2 saturated heterocycles. The molecule has 134 valence electrons. The molecule has 4 atom stereocenters. The summed E-state index contributed by atoms with van der Waals surface area (Å²) in [6.45, 7) is 12.0. The van der Waals surface area contributed by atoms with Crippen molar-refractivity contribution >= 4 is 12.1 Å². The lowest BCUT2D eigenvalue weighted by Crippen LogP contribution is -2.38. The standard InChI is InChI=1S/C17H24O7/c1-5-14(18)21-9-13-10-22-15(20-7-6-11(13)2)8-17(4)12(3)23-16(19)24-17/h5,11,13,15H,1,3,6-10H2,2,4H3. The van der Waals surface area contributed by atoms with Crippen LogP contribution in [0, 0.1) is 11.8 Å². The Morgan fingerprint density at radius 3 is 2.83 bits per heavy atom. The first kappa shape index (κ1) is 18.5. The van der Waals surface area contributed by atoms with Gasteiger partial charge in [0.1, 0.15) is 5.76 Å². The maximum absolute atomic E-state index is 11.3. The highest BCUT2D eigenvalue weighted by atomic mass is 16.8. The smallest absolute Gasteiger partial charge is 0.462 e. The maximum atomic E-state index is 11.3. The zero-order chi connectivity index (χ0) is 17.7. The summed E-state index contributed by atoms with van der Waals surface area (Å²) in [6, 6.07) is 0. The number of carbonyl (C=O) groups is 2. The van der Waals surface area contributed by atoms with Crippen LogP contribution < -0.4 is 0 Å². The number of hydrogen-bond acceptors (Lipinski definition) is 7. The molecular formula is C17H24O7. The van der Waals surface area contributed by atoms with Gasteiger partial charge in [-0.2, -0.15) is 0 Å². The van der Waals surface area contributed by atoms with Gasteiger partial charge >= 0.3 is 12.1 Å². The fraction of sp³-hybridized carbons (Fsp3) is 0.647. The average Bonchev–Trinajstić information content (AvgIpc) is 2.76. The van der Waals surface area contributed by atoms with Crippen LogP contribution in [0.2, 0.25) is 0 Å². The Morgan fingerprint density at radius 2 is 2.21 bits per heavy atom. The number of carbonyl (C=O) groups excluding carboxylic acids is 2. The van der Waals surface area contributed by atoms with Gasteiger partial charge in [0, 0.05) is 18.4 Å². The van der Waals surface area contributed by atoms with Crippen LogP contribution in [0.1, 0.15) is 26.7 Å². The fourth-order valence-corrected chi connectivity index (χ4v) is 2.59. The van der Waals surface area contributed by atoms with Crippen molar-refractivity contribution in [2.45, 2.75) is 38.6 Å². The van der Waals surface area contributed by atoms with E-state index in [0.717, 1.165) is 12.5 Å². The van der Waals surface area contributed by atoms with Crippen molar-refractivity contribution in [3.8, 4) is 0 Å². The number of ether oxygens (including phenoxy) is 5. The third kappa shape index (κ3) is 4.58. The Balaban J connectivity index is 1.92. The summed E-state index contributed by atoms with van der Waals surface area (Å²) >= 11 is 0. The molecule has 0 radical (unpaired) electrons. The van der Waals surface area contributed by atoms with Gasteiger partial charge in [0.15, 0.2) is 11.9 Å². The van der Waals surface area contributed by atoms with E-state index in [4.69, 9.17) is 23.7 Å². The molecule has 0 saturated carbocycles. The second kappa shape index (κ2) is 7.81. The maximum Gasteiger partial charge on any atom is 0.514 e. The zero-order valence-corrected chi connectivity index (χ0v) is 14.1. The van der Waals surface area contributed by atoms with E-state index in [1.54, 1.807) is 6.92 Å². The molecule has 0 aromatic carbocycles. The zero-order valence-electron chi connectivity index (χ0n) is 14.1. The van der Waals surface area contributed by atoms with Gasteiger partial charge in [-0.1, -0.05) is 20.1 Å². The molecule has 7 heteroatoms. The lowest BCUT2D eigenvalue weighted by atomic mass is 9.92. The first-order valence-electron chi connectivity index (χ1n) is 7.96.